The van der Waals surface area contributed by atoms with E-state index in [-0.39, 0.29) is 12.1 Å². The summed E-state index contributed by atoms with van der Waals surface area (Å²) in [7, 11) is 0. The number of hydrogen-bond donors (Lipinski definition) is 2. The van der Waals surface area contributed by atoms with Crippen molar-refractivity contribution < 1.29 is 4.79 Å². The number of nitrogens with zero attached hydrogens (tertiary/aromatic N) is 1. The molecule has 0 saturated heterocycles. The molecule has 0 spiro atoms. The number of benzene rings is 1. The monoisotopic (exact) mass is 431 g/mol. The molecular weight excluding hydrogens is 398 g/mol. The van der Waals surface area contributed by atoms with Crippen molar-refractivity contribution in [3.63, 3.8) is 0 Å². The molecule has 158 valence electrons. The first-order chi connectivity index (χ1) is 14.0. The second kappa shape index (κ2) is 12.1. The lowest BCUT2D eigenvalue weighted by atomic mass is 9.92. The average molecular weight is 432 g/mol. The molecule has 0 radical (unpaired) electrons. The van der Waals surface area contributed by atoms with Gasteiger partial charge in [0.1, 0.15) is 5.03 Å². The summed E-state index contributed by atoms with van der Waals surface area (Å²) in [4.78, 5) is 18.5. The summed E-state index contributed by atoms with van der Waals surface area (Å²) >= 11 is 3.18. The zero-order chi connectivity index (χ0) is 21.2. The van der Waals surface area contributed by atoms with E-state index >= 15 is 0 Å². The molecule has 2 aromatic rings. The van der Waals surface area contributed by atoms with Gasteiger partial charge in [-0.3, -0.25) is 0 Å². The first-order valence-corrected chi connectivity index (χ1v) is 12.7. The molecule has 0 bridgehead atoms. The first kappa shape index (κ1) is 23.6. The number of urea groups is 1. The molecule has 2 rings (SSSR count). The van der Waals surface area contributed by atoms with E-state index in [1.165, 1.54) is 5.56 Å². The number of hydrogen-bond acceptors (Lipinski definition) is 4. The third-order valence-electron chi connectivity index (χ3n) is 4.98. The topological polar surface area (TPSA) is 54.0 Å². The largest absolute Gasteiger partial charge is 0.335 e. The average Bonchev–Trinajstić information content (AvgIpc) is 2.73. The molecule has 0 fully saturated rings. The van der Waals surface area contributed by atoms with Crippen molar-refractivity contribution in [1.29, 1.82) is 0 Å². The van der Waals surface area contributed by atoms with Crippen LogP contribution in [0.5, 0.6) is 0 Å². The Balaban J connectivity index is 2.10. The number of amides is 2. The Kier molecular flexibility index (Phi) is 9.88. The van der Waals surface area contributed by atoms with E-state index in [0.717, 1.165) is 47.0 Å². The smallest absolute Gasteiger partial charge is 0.319 e. The Morgan fingerprint density at radius 2 is 1.90 bits per heavy atom. The number of rotatable bonds is 10. The summed E-state index contributed by atoms with van der Waals surface area (Å²) in [6.45, 7) is 6.40. The van der Waals surface area contributed by atoms with Crippen LogP contribution in [-0.4, -0.2) is 29.6 Å². The lowest BCUT2D eigenvalue weighted by molar-refractivity contribution is 0.246. The van der Waals surface area contributed by atoms with Gasteiger partial charge in [0.25, 0.3) is 0 Å². The minimum atomic E-state index is -0.150. The van der Waals surface area contributed by atoms with Crippen molar-refractivity contribution in [2.24, 2.45) is 0 Å². The fourth-order valence-corrected chi connectivity index (χ4v) is 4.72. The number of unbranched alkanes of at least 4 members (excludes halogenated alkanes) is 1. The molecule has 0 aliphatic carbocycles. The molecule has 1 aromatic heterocycles. The summed E-state index contributed by atoms with van der Waals surface area (Å²) < 4.78 is 0. The zero-order valence-electron chi connectivity index (χ0n) is 18.1. The maximum absolute atomic E-state index is 12.9. The highest BCUT2D eigenvalue weighted by Crippen LogP contribution is 2.33. The van der Waals surface area contributed by atoms with Gasteiger partial charge in [0.15, 0.2) is 0 Å². The highest BCUT2D eigenvalue weighted by Gasteiger charge is 2.19. The number of thioether (sulfide) groups is 2. The highest BCUT2D eigenvalue weighted by molar-refractivity contribution is 7.99. The second-order valence-electron chi connectivity index (χ2n) is 7.34. The lowest BCUT2D eigenvalue weighted by Crippen LogP contribution is -2.39. The van der Waals surface area contributed by atoms with Gasteiger partial charge in [0.2, 0.25) is 0 Å². The van der Waals surface area contributed by atoms with Gasteiger partial charge in [-0.05, 0) is 49.8 Å². The van der Waals surface area contributed by atoms with E-state index in [9.17, 15) is 4.79 Å². The SMILES string of the molecule is CCCCC(CC(C)c1ccccc1)NC(=O)Nc1c(SC)cc(C)nc1SC. The van der Waals surface area contributed by atoms with Crippen LogP contribution in [0.15, 0.2) is 46.3 Å². The molecule has 1 heterocycles. The molecule has 0 aliphatic heterocycles. The number of anilines is 1. The van der Waals surface area contributed by atoms with Crippen molar-refractivity contribution in [2.45, 2.75) is 68.3 Å². The molecule has 2 N–H and O–H groups in total. The highest BCUT2D eigenvalue weighted by atomic mass is 32.2. The molecule has 6 heteroatoms. The molecule has 0 saturated carbocycles. The van der Waals surface area contributed by atoms with Crippen molar-refractivity contribution >= 4 is 35.2 Å². The Morgan fingerprint density at radius 3 is 2.52 bits per heavy atom. The van der Waals surface area contributed by atoms with Crippen LogP contribution in [0.2, 0.25) is 0 Å². The van der Waals surface area contributed by atoms with Gasteiger partial charge in [-0.2, -0.15) is 0 Å². The van der Waals surface area contributed by atoms with Gasteiger partial charge in [-0.1, -0.05) is 57.0 Å². The lowest BCUT2D eigenvalue weighted by Gasteiger charge is -2.23. The predicted octanol–water partition coefficient (Wildman–Crippen LogP) is 6.71. The Labute approximate surface area is 184 Å². The van der Waals surface area contributed by atoms with Gasteiger partial charge < -0.3 is 10.6 Å². The van der Waals surface area contributed by atoms with Gasteiger partial charge in [-0.15, -0.1) is 23.5 Å². The maximum atomic E-state index is 12.9. The van der Waals surface area contributed by atoms with Crippen molar-refractivity contribution in [3.05, 3.63) is 47.7 Å². The van der Waals surface area contributed by atoms with E-state index in [0.29, 0.717) is 5.92 Å². The van der Waals surface area contributed by atoms with Crippen LogP contribution in [0, 0.1) is 6.92 Å². The van der Waals surface area contributed by atoms with Gasteiger partial charge >= 0.3 is 6.03 Å². The van der Waals surface area contributed by atoms with E-state index < -0.39 is 0 Å². The molecule has 2 amide bonds. The standard InChI is InChI=1S/C23H33N3OS2/c1-6-7-13-19(14-16(2)18-11-9-8-10-12-18)25-23(27)26-21-20(28-4)15-17(3)24-22(21)29-5/h8-12,15-16,19H,6-7,13-14H2,1-5H3,(H2,25,26,27). The van der Waals surface area contributed by atoms with E-state index in [1.807, 2.05) is 31.6 Å². The van der Waals surface area contributed by atoms with Crippen LogP contribution >= 0.6 is 23.5 Å². The minimum Gasteiger partial charge on any atom is -0.335 e. The van der Waals surface area contributed by atoms with Crippen LogP contribution in [0.1, 0.15) is 56.7 Å². The van der Waals surface area contributed by atoms with Crippen LogP contribution in [0.25, 0.3) is 0 Å². The van der Waals surface area contributed by atoms with Gasteiger partial charge in [-0.25, -0.2) is 9.78 Å². The third-order valence-corrected chi connectivity index (χ3v) is 6.42. The zero-order valence-corrected chi connectivity index (χ0v) is 19.8. The molecule has 29 heavy (non-hydrogen) atoms. The minimum absolute atomic E-state index is 0.138. The summed E-state index contributed by atoms with van der Waals surface area (Å²) in [5.74, 6) is 0.392. The van der Waals surface area contributed by atoms with Crippen molar-refractivity contribution in [1.82, 2.24) is 10.3 Å². The number of pyridine rings is 1. The van der Waals surface area contributed by atoms with Gasteiger partial charge in [0, 0.05) is 16.6 Å². The Hall–Kier alpha value is -1.66. The number of aryl methyl sites for hydroxylation is 1. The quantitative estimate of drug-likeness (QED) is 0.411. The van der Waals surface area contributed by atoms with Crippen LogP contribution in [-0.2, 0) is 0 Å². The molecule has 0 aliphatic rings. The normalized spacial score (nSPS) is 13.0. The van der Waals surface area contributed by atoms with E-state index in [2.05, 4.69) is 53.7 Å². The van der Waals surface area contributed by atoms with E-state index in [1.54, 1.807) is 23.5 Å². The molecule has 1 aromatic carbocycles. The molecule has 2 unspecified atom stereocenters. The molecule has 4 nitrogen and oxygen atoms in total. The predicted molar refractivity (Wildman–Crippen MR) is 127 cm³/mol. The fraction of sp³-hybridized carbons (Fsp3) is 0.478. The van der Waals surface area contributed by atoms with Gasteiger partial charge in [0.05, 0.1) is 5.69 Å². The van der Waals surface area contributed by atoms with E-state index in [4.69, 9.17) is 0 Å². The summed E-state index contributed by atoms with van der Waals surface area (Å²) in [5, 5.41) is 7.15. The summed E-state index contributed by atoms with van der Waals surface area (Å²) in [6.07, 6.45) is 8.14. The fourth-order valence-electron chi connectivity index (χ4n) is 3.42. The number of carbonyl (C=O) groups is 1. The number of aromatic nitrogens is 1. The summed E-state index contributed by atoms with van der Waals surface area (Å²) in [5.41, 5.74) is 3.08. The Bertz CT molecular complexity index is 758. The molecular formula is C23H33N3OS2. The number of nitrogens with one attached hydrogen (secondary N) is 2. The number of carbonyl (C=O) groups excluding carboxylic acids is 1. The second-order valence-corrected chi connectivity index (χ2v) is 8.98. The third kappa shape index (κ3) is 7.27. The Morgan fingerprint density at radius 1 is 1.17 bits per heavy atom. The van der Waals surface area contributed by atoms with Crippen molar-refractivity contribution in [2.75, 3.05) is 17.8 Å². The maximum Gasteiger partial charge on any atom is 0.319 e. The summed E-state index contributed by atoms with van der Waals surface area (Å²) in [6, 6.07) is 12.5. The van der Waals surface area contributed by atoms with Crippen LogP contribution in [0.3, 0.4) is 0 Å². The molecule has 2 atom stereocenters. The van der Waals surface area contributed by atoms with Crippen LogP contribution in [0.4, 0.5) is 10.5 Å². The van der Waals surface area contributed by atoms with Crippen LogP contribution < -0.4 is 10.6 Å². The first-order valence-electron chi connectivity index (χ1n) is 10.2. The van der Waals surface area contributed by atoms with Crippen molar-refractivity contribution in [3.8, 4) is 0 Å².